The lowest BCUT2D eigenvalue weighted by atomic mass is 10.1. The molecule has 116 valence electrons. The smallest absolute Gasteiger partial charge is 0.227 e. The van der Waals surface area contributed by atoms with Gasteiger partial charge < -0.3 is 9.80 Å². The van der Waals surface area contributed by atoms with Crippen LogP contribution in [0.1, 0.15) is 11.3 Å². The van der Waals surface area contributed by atoms with E-state index in [4.69, 9.17) is 0 Å². The largest absolute Gasteiger partial charge is 0.345 e. The van der Waals surface area contributed by atoms with Crippen LogP contribution in [0.3, 0.4) is 0 Å². The number of aromatic nitrogens is 1. The molecule has 0 unspecified atom stereocenters. The van der Waals surface area contributed by atoms with E-state index in [9.17, 15) is 9.18 Å². The molecule has 1 aromatic carbocycles. The van der Waals surface area contributed by atoms with Crippen LogP contribution in [0.25, 0.3) is 0 Å². The molecule has 0 bridgehead atoms. The molecule has 1 fully saturated rings. The number of carbonyl (C=O) groups excluding carboxylic acids is 1. The Morgan fingerprint density at radius 2 is 2.00 bits per heavy atom. The van der Waals surface area contributed by atoms with Crippen molar-refractivity contribution in [1.29, 1.82) is 0 Å². The Bertz CT molecular complexity index is 665. The van der Waals surface area contributed by atoms with Gasteiger partial charge in [0.1, 0.15) is 5.82 Å². The number of carbonyl (C=O) groups is 1. The normalized spacial score (nSPS) is 15.2. The van der Waals surface area contributed by atoms with E-state index in [-0.39, 0.29) is 18.1 Å². The molecule has 0 aliphatic carbocycles. The molecule has 1 amide bonds. The number of rotatable bonds is 3. The maximum Gasteiger partial charge on any atom is 0.227 e. The Morgan fingerprint density at radius 3 is 2.64 bits per heavy atom. The van der Waals surface area contributed by atoms with Crippen LogP contribution in [-0.4, -0.2) is 42.0 Å². The van der Waals surface area contributed by atoms with Crippen molar-refractivity contribution in [1.82, 2.24) is 9.88 Å². The summed E-state index contributed by atoms with van der Waals surface area (Å²) in [5.74, 6) is -0.326. The number of aryl methyl sites for hydroxylation is 1. The summed E-state index contributed by atoms with van der Waals surface area (Å²) in [5.41, 5.74) is 1.49. The number of halogens is 1. The van der Waals surface area contributed by atoms with Crippen LogP contribution in [0.5, 0.6) is 0 Å². The predicted molar refractivity (Wildman–Crippen MR) is 85.7 cm³/mol. The van der Waals surface area contributed by atoms with Crippen molar-refractivity contribution in [2.24, 2.45) is 0 Å². The maximum atomic E-state index is 13.6. The third-order valence-corrected chi connectivity index (χ3v) is 4.83. The monoisotopic (exact) mass is 319 g/mol. The van der Waals surface area contributed by atoms with Crippen LogP contribution in [0.2, 0.25) is 0 Å². The van der Waals surface area contributed by atoms with Crippen LogP contribution in [0.15, 0.2) is 29.6 Å². The lowest BCUT2D eigenvalue weighted by Gasteiger charge is -2.34. The van der Waals surface area contributed by atoms with Crippen LogP contribution in [0, 0.1) is 12.7 Å². The van der Waals surface area contributed by atoms with Gasteiger partial charge in [-0.15, -0.1) is 11.3 Å². The first-order chi connectivity index (χ1) is 10.6. The molecular formula is C16H18FN3OS. The van der Waals surface area contributed by atoms with Gasteiger partial charge in [0.05, 0.1) is 12.1 Å². The topological polar surface area (TPSA) is 36.4 Å². The van der Waals surface area contributed by atoms with Crippen molar-refractivity contribution in [2.45, 2.75) is 13.3 Å². The van der Waals surface area contributed by atoms with E-state index in [1.165, 1.54) is 6.07 Å². The summed E-state index contributed by atoms with van der Waals surface area (Å²) in [4.78, 5) is 20.8. The van der Waals surface area contributed by atoms with Crippen LogP contribution >= 0.6 is 11.3 Å². The van der Waals surface area contributed by atoms with E-state index in [0.29, 0.717) is 18.7 Å². The van der Waals surface area contributed by atoms with Crippen molar-refractivity contribution in [2.75, 3.05) is 31.1 Å². The second kappa shape index (κ2) is 6.44. The van der Waals surface area contributed by atoms with Gasteiger partial charge in [-0.05, 0) is 18.6 Å². The second-order valence-corrected chi connectivity index (χ2v) is 6.24. The third kappa shape index (κ3) is 3.27. The Labute approximate surface area is 133 Å². The summed E-state index contributed by atoms with van der Waals surface area (Å²) in [6, 6.07) is 6.46. The highest BCUT2D eigenvalue weighted by atomic mass is 32.1. The molecule has 0 radical (unpaired) electrons. The molecule has 1 saturated heterocycles. The molecule has 4 nitrogen and oxygen atoms in total. The van der Waals surface area contributed by atoms with Crippen molar-refractivity contribution < 1.29 is 9.18 Å². The Morgan fingerprint density at radius 1 is 1.27 bits per heavy atom. The van der Waals surface area contributed by atoms with Crippen LogP contribution in [0.4, 0.5) is 9.52 Å². The number of piperazine rings is 1. The summed E-state index contributed by atoms with van der Waals surface area (Å²) in [7, 11) is 0. The fourth-order valence-electron chi connectivity index (χ4n) is 2.55. The molecular weight excluding hydrogens is 301 g/mol. The molecule has 3 rings (SSSR count). The van der Waals surface area contributed by atoms with Crippen molar-refractivity contribution in [3.05, 3.63) is 46.7 Å². The average Bonchev–Trinajstić information content (AvgIpc) is 2.96. The predicted octanol–water partition coefficient (Wildman–Crippen LogP) is 2.48. The Hall–Kier alpha value is -1.95. The van der Waals surface area contributed by atoms with Gasteiger partial charge in [-0.25, -0.2) is 9.37 Å². The number of amides is 1. The average molecular weight is 319 g/mol. The molecule has 2 heterocycles. The van der Waals surface area contributed by atoms with Gasteiger partial charge in [-0.3, -0.25) is 4.79 Å². The first-order valence-electron chi connectivity index (χ1n) is 7.32. The number of nitrogens with zero attached hydrogens (tertiary/aromatic N) is 3. The molecule has 1 aliphatic heterocycles. The highest BCUT2D eigenvalue weighted by Crippen LogP contribution is 2.21. The molecule has 22 heavy (non-hydrogen) atoms. The van der Waals surface area contributed by atoms with Gasteiger partial charge >= 0.3 is 0 Å². The fraction of sp³-hybridized carbons (Fsp3) is 0.375. The van der Waals surface area contributed by atoms with Gasteiger partial charge in [0.15, 0.2) is 5.13 Å². The van der Waals surface area contributed by atoms with Crippen molar-refractivity contribution in [3.63, 3.8) is 0 Å². The number of hydrogen-bond acceptors (Lipinski definition) is 4. The number of hydrogen-bond donors (Lipinski definition) is 0. The Kier molecular flexibility index (Phi) is 4.38. The second-order valence-electron chi connectivity index (χ2n) is 5.41. The summed E-state index contributed by atoms with van der Waals surface area (Å²) >= 11 is 1.63. The molecule has 0 saturated carbocycles. The van der Waals surface area contributed by atoms with E-state index in [1.54, 1.807) is 29.5 Å². The van der Waals surface area contributed by atoms with E-state index in [2.05, 4.69) is 9.88 Å². The quantitative estimate of drug-likeness (QED) is 0.872. The Balaban J connectivity index is 1.57. The van der Waals surface area contributed by atoms with Crippen LogP contribution in [-0.2, 0) is 11.2 Å². The van der Waals surface area contributed by atoms with Crippen LogP contribution < -0.4 is 4.90 Å². The number of anilines is 1. The zero-order valence-corrected chi connectivity index (χ0v) is 13.3. The van der Waals surface area contributed by atoms with Gasteiger partial charge in [0, 0.05) is 31.6 Å². The SMILES string of the molecule is Cc1csc(N2CCN(C(=O)Cc3ccccc3F)CC2)n1. The van der Waals surface area contributed by atoms with Gasteiger partial charge in [-0.1, -0.05) is 18.2 Å². The van der Waals surface area contributed by atoms with Crippen molar-refractivity contribution in [3.8, 4) is 0 Å². The van der Waals surface area contributed by atoms with Crippen molar-refractivity contribution >= 4 is 22.4 Å². The molecule has 0 N–H and O–H groups in total. The van der Waals surface area contributed by atoms with E-state index in [1.807, 2.05) is 17.2 Å². The first kappa shape index (κ1) is 15.0. The highest BCUT2D eigenvalue weighted by molar-refractivity contribution is 7.13. The molecule has 6 heteroatoms. The molecule has 0 spiro atoms. The minimum atomic E-state index is -0.312. The molecule has 0 atom stereocenters. The summed E-state index contributed by atoms with van der Waals surface area (Å²) in [6.45, 7) is 4.85. The van der Waals surface area contributed by atoms with E-state index in [0.717, 1.165) is 23.9 Å². The maximum absolute atomic E-state index is 13.6. The van der Waals surface area contributed by atoms with Gasteiger partial charge in [0.2, 0.25) is 5.91 Å². The lowest BCUT2D eigenvalue weighted by molar-refractivity contribution is -0.130. The molecule has 1 aliphatic rings. The minimum Gasteiger partial charge on any atom is -0.345 e. The van der Waals surface area contributed by atoms with Gasteiger partial charge in [0.25, 0.3) is 0 Å². The summed E-state index contributed by atoms with van der Waals surface area (Å²) in [6.07, 6.45) is 0.128. The molecule has 2 aromatic rings. The zero-order chi connectivity index (χ0) is 15.5. The van der Waals surface area contributed by atoms with Gasteiger partial charge in [-0.2, -0.15) is 0 Å². The third-order valence-electron chi connectivity index (χ3n) is 3.81. The fourth-order valence-corrected chi connectivity index (χ4v) is 3.41. The zero-order valence-electron chi connectivity index (χ0n) is 12.5. The van der Waals surface area contributed by atoms with E-state index < -0.39 is 0 Å². The summed E-state index contributed by atoms with van der Waals surface area (Å²) < 4.78 is 13.6. The number of benzene rings is 1. The number of thiazole rings is 1. The standard InChI is InChI=1S/C16H18FN3OS/c1-12-11-22-16(18-12)20-8-6-19(7-9-20)15(21)10-13-4-2-3-5-14(13)17/h2-5,11H,6-10H2,1H3. The highest BCUT2D eigenvalue weighted by Gasteiger charge is 2.23. The summed E-state index contributed by atoms with van der Waals surface area (Å²) in [5, 5.41) is 3.05. The minimum absolute atomic E-state index is 0.0138. The lowest BCUT2D eigenvalue weighted by Crippen LogP contribution is -2.49. The first-order valence-corrected chi connectivity index (χ1v) is 8.20. The molecule has 1 aromatic heterocycles. The van der Waals surface area contributed by atoms with E-state index >= 15 is 0 Å².